The number of nitrogens with one attached hydrogen (secondary N) is 2. The van der Waals surface area contributed by atoms with E-state index >= 15 is 0 Å². The number of nitrogens with two attached hydrogens (primary N) is 1. The molecule has 0 unspecified atom stereocenters. The Hall–Kier alpha value is -2.26. The van der Waals surface area contributed by atoms with Gasteiger partial charge >= 0.3 is 0 Å². The van der Waals surface area contributed by atoms with Crippen molar-refractivity contribution in [2.45, 2.75) is 11.8 Å². The molecule has 0 atom stereocenters. The van der Waals surface area contributed by atoms with Crippen molar-refractivity contribution in [2.24, 2.45) is 5.84 Å². The highest BCUT2D eigenvalue weighted by molar-refractivity contribution is 7.92. The molecule has 0 aliphatic carbocycles. The summed E-state index contributed by atoms with van der Waals surface area (Å²) in [4.78, 5) is 3.34. The van der Waals surface area contributed by atoms with Crippen molar-refractivity contribution in [3.05, 3.63) is 47.8 Å². The second-order valence-electron chi connectivity index (χ2n) is 4.17. The van der Waals surface area contributed by atoms with Gasteiger partial charge < -0.3 is 5.43 Å². The molecule has 1 aromatic heterocycles. The van der Waals surface area contributed by atoms with Crippen LogP contribution < -0.4 is 16.0 Å². The molecule has 0 spiro atoms. The average Bonchev–Trinajstić information content (AvgIpc) is 2.47. The number of benzene rings is 1. The number of hydrogen-bond acceptors (Lipinski definition) is 5. The largest absolute Gasteiger partial charge is 0.323 e. The number of anilines is 2. The van der Waals surface area contributed by atoms with Crippen molar-refractivity contribution < 1.29 is 17.2 Å². The molecule has 0 saturated heterocycles. The summed E-state index contributed by atoms with van der Waals surface area (Å²) >= 11 is 0. The molecule has 6 nitrogen and oxygen atoms in total. The topological polar surface area (TPSA) is 97.1 Å². The minimum Gasteiger partial charge on any atom is -0.323 e. The number of nitrogens with zero attached hydrogens (tertiary/aromatic N) is 1. The lowest BCUT2D eigenvalue weighted by molar-refractivity contribution is 0.578. The number of aryl methyl sites for hydroxylation is 1. The minimum atomic E-state index is -4.25. The maximum atomic E-state index is 13.9. The predicted octanol–water partition coefficient (Wildman–Crippen LogP) is 1.75. The third-order valence-electron chi connectivity index (χ3n) is 2.75. The highest BCUT2D eigenvalue weighted by atomic mass is 32.2. The van der Waals surface area contributed by atoms with Gasteiger partial charge in [0.05, 0.1) is 5.69 Å². The van der Waals surface area contributed by atoms with E-state index in [0.29, 0.717) is 0 Å². The molecular weight excluding hydrogens is 302 g/mol. The molecule has 0 fully saturated rings. The molecule has 0 radical (unpaired) electrons. The first-order valence-corrected chi connectivity index (χ1v) is 7.23. The fraction of sp³-hybridized carbons (Fsp3) is 0.0833. The van der Waals surface area contributed by atoms with Crippen LogP contribution in [-0.4, -0.2) is 13.4 Å². The third kappa shape index (κ3) is 2.93. The molecule has 0 aliphatic rings. The standard InChI is InChI=1S/C12H12F2N4O2S/c1-7-2-3-8(13)12(11(7)14)18-21(19,20)10-6-16-5-4-9(10)17-15/h2-6,18H,15H2,1H3,(H,16,17). The zero-order valence-electron chi connectivity index (χ0n) is 10.9. The van der Waals surface area contributed by atoms with Crippen LogP contribution in [0.25, 0.3) is 0 Å². The molecule has 0 aliphatic heterocycles. The number of halogens is 2. The first kappa shape index (κ1) is 15.1. The molecule has 21 heavy (non-hydrogen) atoms. The van der Waals surface area contributed by atoms with Crippen LogP contribution in [0.5, 0.6) is 0 Å². The van der Waals surface area contributed by atoms with Crippen molar-refractivity contribution in [1.29, 1.82) is 0 Å². The molecule has 0 bridgehead atoms. The van der Waals surface area contributed by atoms with E-state index in [9.17, 15) is 17.2 Å². The summed E-state index contributed by atoms with van der Waals surface area (Å²) in [5, 5.41) is 0. The summed E-state index contributed by atoms with van der Waals surface area (Å²) in [7, 11) is -4.25. The molecule has 1 aromatic carbocycles. The van der Waals surface area contributed by atoms with Gasteiger partial charge in [-0.3, -0.25) is 15.5 Å². The molecule has 0 saturated carbocycles. The van der Waals surface area contributed by atoms with Gasteiger partial charge in [0, 0.05) is 12.4 Å². The van der Waals surface area contributed by atoms with E-state index in [1.54, 1.807) is 0 Å². The zero-order chi connectivity index (χ0) is 15.6. The normalized spacial score (nSPS) is 11.2. The molecule has 9 heteroatoms. The van der Waals surface area contributed by atoms with Crippen molar-refractivity contribution in [3.63, 3.8) is 0 Å². The van der Waals surface area contributed by atoms with E-state index in [1.165, 1.54) is 25.3 Å². The molecule has 112 valence electrons. The van der Waals surface area contributed by atoms with Crippen LogP contribution in [0.4, 0.5) is 20.2 Å². The van der Waals surface area contributed by atoms with E-state index < -0.39 is 27.3 Å². The van der Waals surface area contributed by atoms with Gasteiger partial charge in [0.25, 0.3) is 10.0 Å². The molecule has 0 amide bonds. The van der Waals surface area contributed by atoms with Gasteiger partial charge in [-0.25, -0.2) is 17.2 Å². The number of sulfonamides is 1. The van der Waals surface area contributed by atoms with E-state index in [-0.39, 0.29) is 16.1 Å². The van der Waals surface area contributed by atoms with Crippen molar-refractivity contribution in [1.82, 2.24) is 4.98 Å². The van der Waals surface area contributed by atoms with Crippen LogP contribution in [0.3, 0.4) is 0 Å². The molecule has 2 rings (SSSR count). The molecule has 1 heterocycles. The number of nitrogen functional groups attached to an aromatic ring is 1. The highest BCUT2D eigenvalue weighted by Gasteiger charge is 2.23. The fourth-order valence-corrected chi connectivity index (χ4v) is 2.83. The van der Waals surface area contributed by atoms with Crippen LogP contribution in [0.15, 0.2) is 35.5 Å². The molecule has 2 aromatic rings. The van der Waals surface area contributed by atoms with Gasteiger partial charge in [0.2, 0.25) is 0 Å². The monoisotopic (exact) mass is 314 g/mol. The van der Waals surface area contributed by atoms with Crippen LogP contribution in [0.1, 0.15) is 5.56 Å². The summed E-state index contributed by atoms with van der Waals surface area (Å²) in [5.74, 6) is 3.20. The van der Waals surface area contributed by atoms with E-state index in [4.69, 9.17) is 5.84 Å². The number of hydrogen-bond donors (Lipinski definition) is 3. The SMILES string of the molecule is Cc1ccc(F)c(NS(=O)(=O)c2cnccc2NN)c1F. The second-order valence-corrected chi connectivity index (χ2v) is 5.83. The quantitative estimate of drug-likeness (QED) is 0.590. The van der Waals surface area contributed by atoms with Crippen LogP contribution in [0.2, 0.25) is 0 Å². The Bertz CT molecular complexity index is 781. The number of pyridine rings is 1. The summed E-state index contributed by atoms with van der Waals surface area (Å²) in [6.07, 6.45) is 2.34. The van der Waals surface area contributed by atoms with Gasteiger partial charge in [0.1, 0.15) is 16.4 Å². The summed E-state index contributed by atoms with van der Waals surface area (Å²) in [6, 6.07) is 3.50. The lowest BCUT2D eigenvalue weighted by Crippen LogP contribution is -2.19. The van der Waals surface area contributed by atoms with Crippen molar-refractivity contribution >= 4 is 21.4 Å². The van der Waals surface area contributed by atoms with Crippen molar-refractivity contribution in [3.8, 4) is 0 Å². The van der Waals surface area contributed by atoms with Gasteiger partial charge in [-0.05, 0) is 24.6 Å². The van der Waals surface area contributed by atoms with Crippen LogP contribution >= 0.6 is 0 Å². The second kappa shape index (κ2) is 5.62. The van der Waals surface area contributed by atoms with Gasteiger partial charge in [-0.1, -0.05) is 6.07 Å². The van der Waals surface area contributed by atoms with Crippen LogP contribution in [-0.2, 0) is 10.0 Å². The van der Waals surface area contributed by atoms with Gasteiger partial charge in [-0.15, -0.1) is 0 Å². The Morgan fingerprint density at radius 1 is 1.24 bits per heavy atom. The lowest BCUT2D eigenvalue weighted by Gasteiger charge is -2.13. The highest BCUT2D eigenvalue weighted by Crippen LogP contribution is 2.26. The first-order chi connectivity index (χ1) is 9.86. The summed E-state index contributed by atoms with van der Waals surface area (Å²) in [5.41, 5.74) is 1.59. The number of aromatic nitrogens is 1. The van der Waals surface area contributed by atoms with Gasteiger partial charge in [-0.2, -0.15) is 0 Å². The van der Waals surface area contributed by atoms with E-state index in [1.807, 2.05) is 4.72 Å². The smallest absolute Gasteiger partial charge is 0.265 e. The molecular formula is C12H12F2N4O2S. The van der Waals surface area contributed by atoms with Crippen LogP contribution in [0, 0.1) is 18.6 Å². The Kier molecular flexibility index (Phi) is 4.05. The molecule has 4 N–H and O–H groups in total. The predicted molar refractivity (Wildman–Crippen MR) is 74.0 cm³/mol. The third-order valence-corrected chi connectivity index (χ3v) is 4.13. The van der Waals surface area contributed by atoms with E-state index in [2.05, 4.69) is 10.4 Å². The summed E-state index contributed by atoms with van der Waals surface area (Å²) in [6.45, 7) is 1.39. The van der Waals surface area contributed by atoms with Gasteiger partial charge in [0.15, 0.2) is 5.82 Å². The summed E-state index contributed by atoms with van der Waals surface area (Å²) < 4.78 is 53.8. The first-order valence-electron chi connectivity index (χ1n) is 5.75. The van der Waals surface area contributed by atoms with Crippen molar-refractivity contribution in [2.75, 3.05) is 10.1 Å². The lowest BCUT2D eigenvalue weighted by atomic mass is 10.2. The number of rotatable bonds is 4. The average molecular weight is 314 g/mol. The number of hydrazine groups is 1. The Balaban J connectivity index is 2.50. The Morgan fingerprint density at radius 3 is 2.62 bits per heavy atom. The zero-order valence-corrected chi connectivity index (χ0v) is 11.7. The Labute approximate surface area is 120 Å². The van der Waals surface area contributed by atoms with E-state index in [0.717, 1.165) is 12.3 Å². The maximum Gasteiger partial charge on any atom is 0.265 e. The fourth-order valence-electron chi connectivity index (χ4n) is 1.65. The Morgan fingerprint density at radius 2 is 1.95 bits per heavy atom. The minimum absolute atomic E-state index is 0.0472. The maximum absolute atomic E-state index is 13.9.